The summed E-state index contributed by atoms with van der Waals surface area (Å²) in [5.41, 5.74) is 2.38. The highest BCUT2D eigenvalue weighted by atomic mass is 16.5. The van der Waals surface area contributed by atoms with Crippen molar-refractivity contribution in [1.29, 1.82) is 0 Å². The molecule has 3 atom stereocenters. The Kier molecular flexibility index (Phi) is 5.34. The maximum absolute atomic E-state index is 12.8. The van der Waals surface area contributed by atoms with Crippen LogP contribution in [0, 0.1) is 5.92 Å². The summed E-state index contributed by atoms with van der Waals surface area (Å²) in [6.07, 6.45) is 3.75. The molecule has 2 fully saturated rings. The summed E-state index contributed by atoms with van der Waals surface area (Å²) in [7, 11) is 0. The number of amides is 1. The summed E-state index contributed by atoms with van der Waals surface area (Å²) in [6.45, 7) is 4.13. The van der Waals surface area contributed by atoms with Gasteiger partial charge in [-0.2, -0.15) is 0 Å². The molecular formula is C19H27NO3. The lowest BCUT2D eigenvalue weighted by atomic mass is 9.89. The summed E-state index contributed by atoms with van der Waals surface area (Å²) >= 11 is 0. The lowest BCUT2D eigenvalue weighted by Gasteiger charge is -2.37. The van der Waals surface area contributed by atoms with Gasteiger partial charge in [-0.05, 0) is 36.8 Å². The number of carbonyl (C=O) groups excluding carboxylic acids is 1. The molecule has 1 amide bonds. The van der Waals surface area contributed by atoms with Crippen LogP contribution in [-0.4, -0.2) is 47.8 Å². The number of ether oxygens (including phenoxy) is 1. The summed E-state index contributed by atoms with van der Waals surface area (Å²) in [6, 6.07) is 8.32. The number of hydrogen-bond acceptors (Lipinski definition) is 3. The quantitative estimate of drug-likeness (QED) is 0.926. The van der Waals surface area contributed by atoms with Crippen molar-refractivity contribution in [2.24, 2.45) is 5.92 Å². The molecule has 0 saturated carbocycles. The average molecular weight is 317 g/mol. The van der Waals surface area contributed by atoms with Crippen LogP contribution in [0.15, 0.2) is 24.3 Å². The fourth-order valence-corrected chi connectivity index (χ4v) is 4.00. The molecule has 3 unspecified atom stereocenters. The Bertz CT molecular complexity index is 545. The first-order valence-electron chi connectivity index (χ1n) is 8.82. The number of aryl methyl sites for hydroxylation is 1. The molecule has 0 radical (unpaired) electrons. The fraction of sp³-hybridized carbons (Fsp3) is 0.632. The number of hydrogen-bond donors (Lipinski definition) is 1. The Morgan fingerprint density at radius 1 is 1.30 bits per heavy atom. The van der Waals surface area contributed by atoms with Gasteiger partial charge in [0.2, 0.25) is 5.91 Å². The van der Waals surface area contributed by atoms with E-state index in [2.05, 4.69) is 19.1 Å². The predicted octanol–water partition coefficient (Wildman–Crippen LogP) is 2.18. The zero-order chi connectivity index (χ0) is 16.2. The molecule has 4 heteroatoms. The number of nitrogens with zero attached hydrogens (tertiary/aromatic N) is 1. The van der Waals surface area contributed by atoms with Crippen molar-refractivity contribution < 1.29 is 14.6 Å². The van der Waals surface area contributed by atoms with Gasteiger partial charge in [-0.15, -0.1) is 0 Å². The third-order valence-corrected chi connectivity index (χ3v) is 5.32. The summed E-state index contributed by atoms with van der Waals surface area (Å²) < 4.78 is 5.55. The van der Waals surface area contributed by atoms with Crippen molar-refractivity contribution in [1.82, 2.24) is 4.90 Å². The minimum Gasteiger partial charge on any atom is -0.393 e. The van der Waals surface area contributed by atoms with Crippen LogP contribution in [0.5, 0.6) is 0 Å². The second-order valence-corrected chi connectivity index (χ2v) is 6.69. The molecule has 4 nitrogen and oxygen atoms in total. The minimum atomic E-state index is -0.343. The van der Waals surface area contributed by atoms with Crippen LogP contribution in [0.25, 0.3) is 0 Å². The highest BCUT2D eigenvalue weighted by Gasteiger charge is 2.39. The van der Waals surface area contributed by atoms with Crippen LogP contribution in [0.4, 0.5) is 0 Å². The van der Waals surface area contributed by atoms with Crippen LogP contribution in [0.1, 0.15) is 37.3 Å². The fourth-order valence-electron chi connectivity index (χ4n) is 4.00. The number of rotatable bonds is 4. The van der Waals surface area contributed by atoms with Crippen molar-refractivity contribution in [3.63, 3.8) is 0 Å². The van der Waals surface area contributed by atoms with Crippen molar-refractivity contribution >= 4 is 5.91 Å². The van der Waals surface area contributed by atoms with Gasteiger partial charge in [0.15, 0.2) is 0 Å². The molecule has 2 aliphatic rings. The molecule has 1 N–H and O–H groups in total. The van der Waals surface area contributed by atoms with Crippen LogP contribution in [0.3, 0.4) is 0 Å². The molecule has 126 valence electrons. The van der Waals surface area contributed by atoms with Gasteiger partial charge in [-0.3, -0.25) is 4.79 Å². The van der Waals surface area contributed by atoms with Gasteiger partial charge in [0.05, 0.1) is 19.1 Å². The second kappa shape index (κ2) is 7.45. The smallest absolute Gasteiger partial charge is 0.227 e. The van der Waals surface area contributed by atoms with E-state index >= 15 is 0 Å². The number of likely N-dealkylation sites (tertiary alicyclic amines) is 1. The van der Waals surface area contributed by atoms with Crippen LogP contribution in [0.2, 0.25) is 0 Å². The molecule has 2 heterocycles. The molecule has 1 aromatic rings. The van der Waals surface area contributed by atoms with Crippen LogP contribution >= 0.6 is 0 Å². The Balaban J connectivity index is 1.70. The minimum absolute atomic E-state index is 0.0663. The number of carbonyl (C=O) groups is 1. The van der Waals surface area contributed by atoms with Crippen molar-refractivity contribution in [2.75, 3.05) is 19.8 Å². The maximum Gasteiger partial charge on any atom is 0.227 e. The maximum atomic E-state index is 12.8. The van der Waals surface area contributed by atoms with E-state index in [0.29, 0.717) is 26.1 Å². The highest BCUT2D eigenvalue weighted by molar-refractivity contribution is 5.79. The first-order valence-corrected chi connectivity index (χ1v) is 8.82. The van der Waals surface area contributed by atoms with Gasteiger partial charge in [0.25, 0.3) is 0 Å². The van der Waals surface area contributed by atoms with E-state index in [1.807, 2.05) is 17.0 Å². The van der Waals surface area contributed by atoms with Gasteiger partial charge >= 0.3 is 0 Å². The highest BCUT2D eigenvalue weighted by Crippen LogP contribution is 2.30. The molecule has 3 rings (SSSR count). The van der Waals surface area contributed by atoms with Gasteiger partial charge < -0.3 is 14.7 Å². The average Bonchev–Trinajstić information content (AvgIpc) is 3.05. The second-order valence-electron chi connectivity index (χ2n) is 6.69. The van der Waals surface area contributed by atoms with Crippen LogP contribution < -0.4 is 0 Å². The van der Waals surface area contributed by atoms with Gasteiger partial charge in [0, 0.05) is 25.1 Å². The molecule has 2 saturated heterocycles. The number of benzene rings is 1. The molecule has 0 spiro atoms. The van der Waals surface area contributed by atoms with E-state index < -0.39 is 0 Å². The summed E-state index contributed by atoms with van der Waals surface area (Å²) in [4.78, 5) is 14.8. The molecular weight excluding hydrogens is 290 g/mol. The topological polar surface area (TPSA) is 49.8 Å². The molecule has 1 aromatic carbocycles. The Hall–Kier alpha value is -1.39. The SMILES string of the molecule is CCc1ccccc1CC(=O)N1CCCC1C1COCCC1O. The lowest BCUT2D eigenvalue weighted by molar-refractivity contribution is -0.135. The molecule has 0 bridgehead atoms. The molecule has 0 aliphatic carbocycles. The predicted molar refractivity (Wildman–Crippen MR) is 89.2 cm³/mol. The summed E-state index contributed by atoms with van der Waals surface area (Å²) in [5.74, 6) is 0.253. The van der Waals surface area contributed by atoms with Crippen LogP contribution in [-0.2, 0) is 22.4 Å². The van der Waals surface area contributed by atoms with E-state index in [4.69, 9.17) is 4.74 Å². The molecule has 0 aromatic heterocycles. The number of aliphatic hydroxyl groups is 1. The standard InChI is InChI=1S/C19H27NO3/c1-2-14-6-3-4-7-15(14)12-19(22)20-10-5-8-17(20)16-13-23-11-9-18(16)21/h3-4,6-7,16-18,21H,2,5,8-13H2,1H3. The first kappa shape index (κ1) is 16.5. The Morgan fingerprint density at radius 3 is 2.83 bits per heavy atom. The first-order chi connectivity index (χ1) is 11.2. The van der Waals surface area contributed by atoms with Crippen molar-refractivity contribution in [2.45, 2.75) is 51.2 Å². The van der Waals surface area contributed by atoms with Gasteiger partial charge in [-0.25, -0.2) is 0 Å². The zero-order valence-electron chi connectivity index (χ0n) is 13.9. The van der Waals surface area contributed by atoms with Gasteiger partial charge in [-0.1, -0.05) is 31.2 Å². The number of aliphatic hydroxyl groups excluding tert-OH is 1. The van der Waals surface area contributed by atoms with E-state index in [1.54, 1.807) is 0 Å². The van der Waals surface area contributed by atoms with E-state index in [9.17, 15) is 9.90 Å². The lowest BCUT2D eigenvalue weighted by Crippen LogP contribution is -2.48. The van der Waals surface area contributed by atoms with Gasteiger partial charge in [0.1, 0.15) is 0 Å². The normalized spacial score (nSPS) is 28.1. The van der Waals surface area contributed by atoms with E-state index in [1.165, 1.54) is 5.56 Å². The largest absolute Gasteiger partial charge is 0.393 e. The molecule has 23 heavy (non-hydrogen) atoms. The zero-order valence-corrected chi connectivity index (χ0v) is 13.9. The van der Waals surface area contributed by atoms with E-state index in [0.717, 1.165) is 31.4 Å². The monoisotopic (exact) mass is 317 g/mol. The molecule has 2 aliphatic heterocycles. The van der Waals surface area contributed by atoms with Crippen molar-refractivity contribution in [3.05, 3.63) is 35.4 Å². The third kappa shape index (κ3) is 3.59. The summed E-state index contributed by atoms with van der Waals surface area (Å²) in [5, 5.41) is 10.3. The Morgan fingerprint density at radius 2 is 2.09 bits per heavy atom. The van der Waals surface area contributed by atoms with Crippen molar-refractivity contribution in [3.8, 4) is 0 Å². The Labute approximate surface area is 138 Å². The van der Waals surface area contributed by atoms with E-state index in [-0.39, 0.29) is 24.0 Å². The third-order valence-electron chi connectivity index (χ3n) is 5.32.